The van der Waals surface area contributed by atoms with Gasteiger partial charge in [0.25, 0.3) is 5.91 Å². The van der Waals surface area contributed by atoms with E-state index in [9.17, 15) is 39.9 Å². The number of benzene rings is 2. The highest BCUT2D eigenvalue weighted by molar-refractivity contribution is 6.17. The first-order chi connectivity index (χ1) is 32.7. The van der Waals surface area contributed by atoms with Gasteiger partial charge in [0.05, 0.1) is 41.4 Å². The minimum absolute atomic E-state index is 0.0188. The minimum atomic E-state index is -1.24. The molecular weight excluding hydrogens is 885 g/mol. The monoisotopic (exact) mass is 961 g/mol. The molecule has 6 N–H and O–H groups in total. The number of phenols is 3. The van der Waals surface area contributed by atoms with Crippen molar-refractivity contribution >= 4 is 34.2 Å². The zero-order chi connectivity index (χ0) is 50.5. The van der Waals surface area contributed by atoms with Crippen molar-refractivity contribution in [3.05, 3.63) is 58.0 Å². The minimum Gasteiger partial charge on any atom is -0.507 e. The van der Waals surface area contributed by atoms with Crippen LogP contribution in [0.5, 0.6) is 17.2 Å². The van der Waals surface area contributed by atoms with E-state index in [2.05, 4.69) is 29.0 Å². The molecule has 69 heavy (non-hydrogen) atoms. The maximum atomic E-state index is 14.7. The molecule has 0 aliphatic carbocycles. The van der Waals surface area contributed by atoms with Gasteiger partial charge in [-0.3, -0.25) is 24.5 Å². The summed E-state index contributed by atoms with van der Waals surface area (Å²) < 4.78 is 18.4. The Bertz CT molecular complexity index is 2430. The molecule has 5 aliphatic heterocycles. The maximum absolute atomic E-state index is 14.7. The molecule has 8 atom stereocenters. The number of Topliss-reactive ketones (excluding diaryl/α,β-unsaturated/α-hetero) is 1. The van der Waals surface area contributed by atoms with Crippen LogP contribution < -0.4 is 16.0 Å². The lowest BCUT2D eigenvalue weighted by molar-refractivity contribution is -0.112. The number of β-amino-alcohol motifs (C(OH)–C–C–N with tert-alkyl or cyclic N) is 1. The van der Waals surface area contributed by atoms with Crippen LogP contribution in [0.25, 0.3) is 10.8 Å². The van der Waals surface area contributed by atoms with E-state index in [0.29, 0.717) is 76.4 Å². The van der Waals surface area contributed by atoms with Gasteiger partial charge in [-0.1, -0.05) is 59.8 Å². The second-order valence-corrected chi connectivity index (χ2v) is 20.3. The number of nitrogens with zero attached hydrogens (tertiary/aromatic N) is 5. The number of anilines is 1. The zero-order valence-corrected chi connectivity index (χ0v) is 42.2. The highest BCUT2D eigenvalue weighted by Gasteiger charge is 2.41. The fraction of sp³-hybridized carbons (Fsp3) is 0.635. The number of carbonyl (C=O) groups excluding carboxylic acids is 3. The van der Waals surface area contributed by atoms with Crippen LogP contribution in [0, 0.1) is 36.5 Å². The largest absolute Gasteiger partial charge is 0.507 e. The summed E-state index contributed by atoms with van der Waals surface area (Å²) in [6.07, 6.45) is 6.36. The molecule has 17 heteroatoms. The van der Waals surface area contributed by atoms with Crippen molar-refractivity contribution in [2.24, 2.45) is 39.6 Å². The van der Waals surface area contributed by atoms with Gasteiger partial charge in [0.15, 0.2) is 17.5 Å². The molecule has 1 spiro atoms. The van der Waals surface area contributed by atoms with Gasteiger partial charge in [0, 0.05) is 94.1 Å². The van der Waals surface area contributed by atoms with Gasteiger partial charge in [0.2, 0.25) is 5.78 Å². The number of methoxy groups -OCH3 is 1. The first kappa shape index (κ1) is 53.3. The van der Waals surface area contributed by atoms with E-state index in [4.69, 9.17) is 24.2 Å². The molecule has 2 aromatic carbocycles. The van der Waals surface area contributed by atoms with E-state index in [0.717, 1.165) is 13.1 Å². The van der Waals surface area contributed by atoms with Crippen molar-refractivity contribution in [2.45, 2.75) is 118 Å². The number of aliphatic hydroxyl groups excluding tert-OH is 2. The summed E-state index contributed by atoms with van der Waals surface area (Å²) in [4.78, 5) is 59.1. The molecule has 2 aromatic rings. The van der Waals surface area contributed by atoms with Crippen molar-refractivity contribution in [3.8, 4) is 17.2 Å². The van der Waals surface area contributed by atoms with E-state index >= 15 is 0 Å². The summed E-state index contributed by atoms with van der Waals surface area (Å²) in [5, 5.41) is 60.0. The Hall–Kier alpha value is -5.07. The molecule has 7 rings (SSSR count). The number of ketones is 1. The molecule has 4 bridgehead atoms. The molecule has 5 aliphatic rings. The number of amides is 2. The van der Waals surface area contributed by atoms with Crippen LogP contribution in [0.4, 0.5) is 10.5 Å². The third-order valence-corrected chi connectivity index (χ3v) is 14.5. The molecule has 2 saturated heterocycles. The van der Waals surface area contributed by atoms with Crippen LogP contribution in [0.15, 0.2) is 46.1 Å². The predicted octanol–water partition coefficient (Wildman–Crippen LogP) is 5.34. The maximum Gasteiger partial charge on any atom is 0.410 e. The Labute approximate surface area is 406 Å². The summed E-state index contributed by atoms with van der Waals surface area (Å²) in [5.41, 5.74) is -1.09. The fourth-order valence-electron chi connectivity index (χ4n) is 10.4. The highest BCUT2D eigenvalue weighted by atomic mass is 16.6. The third kappa shape index (κ3) is 11.8. The smallest absolute Gasteiger partial charge is 0.410 e. The second kappa shape index (κ2) is 22.8. The van der Waals surface area contributed by atoms with Crippen molar-refractivity contribution in [3.63, 3.8) is 0 Å². The number of likely N-dealkylation sites (tertiary alicyclic amines) is 1. The number of hydrogen-bond acceptors (Lipinski definition) is 15. The Balaban J connectivity index is 1.44. The topological polar surface area (TPSA) is 227 Å². The van der Waals surface area contributed by atoms with Crippen molar-refractivity contribution in [1.82, 2.24) is 14.7 Å². The van der Waals surface area contributed by atoms with E-state index < -0.39 is 76.9 Å². The molecule has 2 amide bonds. The Morgan fingerprint density at radius 1 is 0.899 bits per heavy atom. The molecule has 380 valence electrons. The van der Waals surface area contributed by atoms with Crippen LogP contribution in [0.3, 0.4) is 0 Å². The Kier molecular flexibility index (Phi) is 17.6. The molecule has 2 fully saturated rings. The normalized spacial score (nSPS) is 29.6. The van der Waals surface area contributed by atoms with E-state index in [-0.39, 0.29) is 56.7 Å². The Morgan fingerprint density at radius 2 is 1.59 bits per heavy atom. The Morgan fingerprint density at radius 3 is 2.26 bits per heavy atom. The summed E-state index contributed by atoms with van der Waals surface area (Å²) in [7, 11) is 1.51. The number of hydrogen-bond donors (Lipinski definition) is 6. The van der Waals surface area contributed by atoms with E-state index in [1.165, 1.54) is 27.2 Å². The summed E-state index contributed by atoms with van der Waals surface area (Å²) >= 11 is 0. The van der Waals surface area contributed by atoms with Gasteiger partial charge in [-0.15, -0.1) is 0 Å². The predicted molar refractivity (Wildman–Crippen MR) is 263 cm³/mol. The number of piperidine rings is 1. The summed E-state index contributed by atoms with van der Waals surface area (Å²) in [5.74, 6) is -3.73. The number of allylic oxidation sites excluding steroid dienone is 3. The van der Waals surface area contributed by atoms with E-state index in [1.807, 2.05) is 33.8 Å². The van der Waals surface area contributed by atoms with Gasteiger partial charge in [-0.2, -0.15) is 0 Å². The van der Waals surface area contributed by atoms with Crippen LogP contribution in [0.1, 0.15) is 97.0 Å². The van der Waals surface area contributed by atoms with Crippen molar-refractivity contribution in [2.75, 3.05) is 71.4 Å². The SMILES string of the molecule is CO[C@H]1/C=C/OC(C)C(=O)c2c(O)c(C)c(O)c3c(O)c(c4c(c23)=NC2(CCN(CC(C)C)CC2)N=4)NC(=O)/C(C)=C\C=C\C(C)C[C@@H](C)C(O)[C@@H](C)C(OC(=O)N2CCCN(CCO)CC2)[C@@H]1C. The van der Waals surface area contributed by atoms with Gasteiger partial charge >= 0.3 is 6.09 Å². The first-order valence-electron chi connectivity index (χ1n) is 24.7. The van der Waals surface area contributed by atoms with Crippen LogP contribution >= 0.6 is 0 Å². The van der Waals surface area contributed by atoms with Gasteiger partial charge < -0.3 is 54.9 Å². The van der Waals surface area contributed by atoms with Crippen LogP contribution in [0.2, 0.25) is 0 Å². The van der Waals surface area contributed by atoms with Crippen LogP contribution in [-0.2, 0) is 19.0 Å². The molecular formula is C52H76N6O11. The van der Waals surface area contributed by atoms with Gasteiger partial charge in [0.1, 0.15) is 28.6 Å². The number of fused-ring (bicyclic) bond motifs is 15. The standard InChI is InChI=1S/C52H76N6O11/c1-29(2)28-57-20-16-52(17-21-57)54-41-38-39-45(61)34(7)46(62)40(38)48(64)43(42(41)55-52)53-50(65)31(4)14-11-13-30(3)27-32(5)44(60)35(8)49(33(6)37(67-10)15-26-68-36(9)47(39)63)69-51(66)58-19-12-18-56(22-23-58)24-25-59/h11,13-15,26,29-30,32-33,35-37,44,49,59-62,64H,12,16-25,27-28H2,1-10H3,(H,53,65)/b13-11+,26-15+,31-14-/t30?,32-,33-,35-,36?,37+,44?,49?/m1/s1. The lowest BCUT2D eigenvalue weighted by atomic mass is 9.79. The number of rotatable bonds is 6. The summed E-state index contributed by atoms with van der Waals surface area (Å²) in [6, 6.07) is 0. The van der Waals surface area contributed by atoms with Gasteiger partial charge in [-0.05, 0) is 64.0 Å². The van der Waals surface area contributed by atoms with Crippen molar-refractivity contribution in [1.29, 1.82) is 0 Å². The number of aliphatic hydroxyl groups is 2. The molecule has 0 saturated carbocycles. The first-order valence-corrected chi connectivity index (χ1v) is 24.7. The second-order valence-electron chi connectivity index (χ2n) is 20.3. The highest BCUT2D eigenvalue weighted by Crippen LogP contribution is 2.45. The number of carbonyl (C=O) groups is 3. The van der Waals surface area contributed by atoms with E-state index in [1.54, 1.807) is 30.1 Å². The molecule has 0 aromatic heterocycles. The number of ether oxygens (including phenoxy) is 3. The molecule has 5 heterocycles. The molecule has 17 nitrogen and oxygen atoms in total. The summed E-state index contributed by atoms with van der Waals surface area (Å²) in [6.45, 7) is 21.6. The van der Waals surface area contributed by atoms with Gasteiger partial charge in [-0.25, -0.2) is 4.79 Å². The third-order valence-electron chi connectivity index (χ3n) is 14.5. The molecule has 4 unspecified atom stereocenters. The average molecular weight is 961 g/mol. The van der Waals surface area contributed by atoms with Crippen molar-refractivity contribution < 1.29 is 54.1 Å². The lowest BCUT2D eigenvalue weighted by Gasteiger charge is -2.37. The lowest BCUT2D eigenvalue weighted by Crippen LogP contribution is -2.47. The number of phenolic OH excluding ortho intramolecular Hbond substituents is 3. The number of nitrogens with one attached hydrogen (secondary N) is 1. The van der Waals surface area contributed by atoms with Crippen LogP contribution in [-0.4, -0.2) is 154 Å². The quantitative estimate of drug-likeness (QED) is 0.202. The zero-order valence-electron chi connectivity index (χ0n) is 42.2. The number of aromatic hydroxyl groups is 3. The molecule has 0 radical (unpaired) electrons. The fourth-order valence-corrected chi connectivity index (χ4v) is 10.4. The average Bonchev–Trinajstić information content (AvgIpc) is 3.51.